The second-order valence-electron chi connectivity index (χ2n) is 6.66. The Kier molecular flexibility index (Phi) is 3.67. The van der Waals surface area contributed by atoms with Crippen LogP contribution in [0.2, 0.25) is 18.1 Å². The first-order valence-corrected chi connectivity index (χ1v) is 9.71. The standard InChI is InChI=1S/C15H24O3Si/c1-11-14(16-11)17-12-7-9-13(10-8-12)18-19(5,6)15(2,3)4/h7-11,14H,1-6H3. The average Bonchev–Trinajstić information content (AvgIpc) is 2.95. The van der Waals surface area contributed by atoms with Crippen LogP contribution in [0.25, 0.3) is 0 Å². The summed E-state index contributed by atoms with van der Waals surface area (Å²) >= 11 is 0. The molecular formula is C15H24O3Si. The fraction of sp³-hybridized carbons (Fsp3) is 0.600. The molecule has 19 heavy (non-hydrogen) atoms. The number of benzene rings is 1. The molecule has 1 heterocycles. The normalized spacial score (nSPS) is 23.1. The lowest BCUT2D eigenvalue weighted by Crippen LogP contribution is -2.43. The first-order valence-electron chi connectivity index (χ1n) is 6.80. The van der Waals surface area contributed by atoms with Crippen molar-refractivity contribution in [2.45, 2.75) is 58.2 Å². The van der Waals surface area contributed by atoms with Gasteiger partial charge in [0.1, 0.15) is 17.6 Å². The molecule has 0 radical (unpaired) electrons. The maximum atomic E-state index is 6.22. The second-order valence-corrected chi connectivity index (χ2v) is 11.4. The first kappa shape index (κ1) is 14.4. The molecule has 1 aliphatic rings. The van der Waals surface area contributed by atoms with Crippen molar-refractivity contribution < 1.29 is 13.9 Å². The van der Waals surface area contributed by atoms with Crippen molar-refractivity contribution in [3.63, 3.8) is 0 Å². The molecule has 0 N–H and O–H groups in total. The molecule has 0 bridgehead atoms. The van der Waals surface area contributed by atoms with E-state index >= 15 is 0 Å². The van der Waals surface area contributed by atoms with E-state index in [-0.39, 0.29) is 17.4 Å². The van der Waals surface area contributed by atoms with Crippen LogP contribution in [-0.4, -0.2) is 20.7 Å². The molecule has 1 fully saturated rings. The van der Waals surface area contributed by atoms with E-state index < -0.39 is 8.32 Å². The molecule has 2 rings (SSSR count). The van der Waals surface area contributed by atoms with Crippen molar-refractivity contribution in [1.29, 1.82) is 0 Å². The Labute approximate surface area is 117 Å². The zero-order valence-electron chi connectivity index (χ0n) is 12.7. The van der Waals surface area contributed by atoms with Gasteiger partial charge in [-0.15, -0.1) is 0 Å². The predicted molar refractivity (Wildman–Crippen MR) is 79.2 cm³/mol. The molecule has 0 aliphatic carbocycles. The topological polar surface area (TPSA) is 31.0 Å². The number of hydrogen-bond donors (Lipinski definition) is 0. The summed E-state index contributed by atoms with van der Waals surface area (Å²) in [7, 11) is -1.76. The Morgan fingerprint density at radius 3 is 1.95 bits per heavy atom. The Balaban J connectivity index is 1.98. The average molecular weight is 280 g/mol. The molecule has 1 saturated heterocycles. The monoisotopic (exact) mass is 280 g/mol. The quantitative estimate of drug-likeness (QED) is 0.612. The van der Waals surface area contributed by atoms with Crippen molar-refractivity contribution in [2.75, 3.05) is 0 Å². The summed E-state index contributed by atoms with van der Waals surface area (Å²) in [5.74, 6) is 1.75. The fourth-order valence-electron chi connectivity index (χ4n) is 1.46. The van der Waals surface area contributed by atoms with E-state index in [0.29, 0.717) is 0 Å². The molecule has 0 saturated carbocycles. The highest BCUT2D eigenvalue weighted by atomic mass is 28.4. The Morgan fingerprint density at radius 1 is 1.05 bits per heavy atom. The van der Waals surface area contributed by atoms with Crippen molar-refractivity contribution in [1.82, 2.24) is 0 Å². The van der Waals surface area contributed by atoms with Crippen LogP contribution >= 0.6 is 0 Å². The lowest BCUT2D eigenvalue weighted by Gasteiger charge is -2.36. The van der Waals surface area contributed by atoms with Crippen LogP contribution in [0.15, 0.2) is 24.3 Å². The van der Waals surface area contributed by atoms with Gasteiger partial charge >= 0.3 is 0 Å². The van der Waals surface area contributed by atoms with E-state index in [1.165, 1.54) is 0 Å². The van der Waals surface area contributed by atoms with Crippen molar-refractivity contribution in [2.24, 2.45) is 0 Å². The maximum Gasteiger partial charge on any atom is 0.250 e. The summed E-state index contributed by atoms with van der Waals surface area (Å²) in [5.41, 5.74) is 0. The molecule has 0 aromatic heterocycles. The maximum absolute atomic E-state index is 6.22. The zero-order valence-corrected chi connectivity index (χ0v) is 13.7. The first-order chi connectivity index (χ1) is 8.69. The summed E-state index contributed by atoms with van der Waals surface area (Å²) in [6.45, 7) is 13.2. The molecule has 0 amide bonds. The van der Waals surface area contributed by atoms with Gasteiger partial charge in [0.2, 0.25) is 14.6 Å². The summed E-state index contributed by atoms with van der Waals surface area (Å²) in [5, 5.41) is 0.208. The van der Waals surface area contributed by atoms with E-state index in [0.717, 1.165) is 11.5 Å². The van der Waals surface area contributed by atoms with E-state index in [4.69, 9.17) is 13.9 Å². The van der Waals surface area contributed by atoms with E-state index in [1.54, 1.807) is 0 Å². The fourth-order valence-corrected chi connectivity index (χ4v) is 2.49. The van der Waals surface area contributed by atoms with Gasteiger partial charge in [0.15, 0.2) is 0 Å². The van der Waals surface area contributed by atoms with Gasteiger partial charge in [-0.1, -0.05) is 20.8 Å². The molecule has 2 atom stereocenters. The van der Waals surface area contributed by atoms with Crippen LogP contribution in [0.5, 0.6) is 11.5 Å². The van der Waals surface area contributed by atoms with Crippen LogP contribution < -0.4 is 9.16 Å². The van der Waals surface area contributed by atoms with E-state index in [9.17, 15) is 0 Å². The van der Waals surface area contributed by atoms with Gasteiger partial charge in [0.05, 0.1) is 0 Å². The molecule has 0 spiro atoms. The summed E-state index contributed by atoms with van der Waals surface area (Å²) in [6.07, 6.45) is 0.135. The third-order valence-electron chi connectivity index (χ3n) is 3.91. The summed E-state index contributed by atoms with van der Waals surface area (Å²) in [4.78, 5) is 0. The SMILES string of the molecule is CC1OC1Oc1ccc(O[Si](C)(C)C(C)(C)C)cc1. The summed E-state index contributed by atoms with van der Waals surface area (Å²) in [6, 6.07) is 7.83. The molecular weight excluding hydrogens is 256 g/mol. The smallest absolute Gasteiger partial charge is 0.250 e. The highest BCUT2D eigenvalue weighted by Gasteiger charge is 2.39. The minimum Gasteiger partial charge on any atom is -0.543 e. The molecule has 106 valence electrons. The van der Waals surface area contributed by atoms with Crippen LogP contribution in [0.1, 0.15) is 27.7 Å². The lowest BCUT2D eigenvalue weighted by atomic mass is 10.2. The van der Waals surface area contributed by atoms with Gasteiger partial charge in [-0.25, -0.2) is 0 Å². The van der Waals surface area contributed by atoms with Gasteiger partial charge in [0.25, 0.3) is 0 Å². The third-order valence-corrected chi connectivity index (χ3v) is 8.27. The van der Waals surface area contributed by atoms with Gasteiger partial charge in [-0.3, -0.25) is 0 Å². The van der Waals surface area contributed by atoms with E-state index in [2.05, 4.69) is 33.9 Å². The largest absolute Gasteiger partial charge is 0.543 e. The minimum absolute atomic E-state index is 0.0767. The Morgan fingerprint density at radius 2 is 1.53 bits per heavy atom. The van der Waals surface area contributed by atoms with Crippen LogP contribution in [0, 0.1) is 0 Å². The second kappa shape index (κ2) is 4.83. The molecule has 1 aromatic rings. The van der Waals surface area contributed by atoms with Gasteiger partial charge in [0, 0.05) is 0 Å². The molecule has 3 nitrogen and oxygen atoms in total. The van der Waals surface area contributed by atoms with Gasteiger partial charge in [-0.2, -0.15) is 0 Å². The Hall–Kier alpha value is -1.00. The number of epoxide rings is 1. The minimum atomic E-state index is -1.76. The van der Waals surface area contributed by atoms with Crippen molar-refractivity contribution in [3.05, 3.63) is 24.3 Å². The highest BCUT2D eigenvalue weighted by Crippen LogP contribution is 2.37. The van der Waals surface area contributed by atoms with E-state index in [1.807, 2.05) is 31.2 Å². The predicted octanol–water partition coefficient (Wildman–Crippen LogP) is 4.19. The van der Waals surface area contributed by atoms with Crippen LogP contribution in [0.3, 0.4) is 0 Å². The number of ether oxygens (including phenoxy) is 2. The molecule has 2 unspecified atom stereocenters. The summed E-state index contributed by atoms with van der Waals surface area (Å²) < 4.78 is 17.1. The molecule has 1 aliphatic heterocycles. The lowest BCUT2D eigenvalue weighted by molar-refractivity contribution is 0.178. The number of hydrogen-bond acceptors (Lipinski definition) is 3. The highest BCUT2D eigenvalue weighted by molar-refractivity contribution is 6.74. The van der Waals surface area contributed by atoms with Crippen molar-refractivity contribution in [3.8, 4) is 11.5 Å². The molecule has 4 heteroatoms. The molecule has 1 aromatic carbocycles. The third kappa shape index (κ3) is 3.51. The van der Waals surface area contributed by atoms with Crippen LogP contribution in [0.4, 0.5) is 0 Å². The zero-order chi connectivity index (χ0) is 14.3. The van der Waals surface area contributed by atoms with Gasteiger partial charge in [-0.05, 0) is 49.3 Å². The van der Waals surface area contributed by atoms with Crippen molar-refractivity contribution >= 4 is 8.32 Å². The Bertz CT molecular complexity index is 434. The van der Waals surface area contributed by atoms with Crippen LogP contribution in [-0.2, 0) is 4.74 Å². The number of rotatable bonds is 4. The van der Waals surface area contributed by atoms with Gasteiger partial charge < -0.3 is 13.9 Å².